The molecular formula is C13H14Cl2N2O3. The van der Waals surface area contributed by atoms with E-state index in [1.807, 2.05) is 0 Å². The predicted octanol–water partition coefficient (Wildman–Crippen LogP) is 3.51. The molecule has 20 heavy (non-hydrogen) atoms. The summed E-state index contributed by atoms with van der Waals surface area (Å²) in [5.74, 6) is -0.925. The first-order valence-electron chi connectivity index (χ1n) is 6.17. The highest BCUT2D eigenvalue weighted by atomic mass is 35.5. The molecule has 2 amide bonds. The number of carboxylic acid groups (broad SMARTS) is 1. The fraction of sp³-hybridized carbons (Fsp3) is 0.385. The molecule has 1 aromatic carbocycles. The highest BCUT2D eigenvalue weighted by Gasteiger charge is 2.40. The van der Waals surface area contributed by atoms with E-state index >= 15 is 0 Å². The van der Waals surface area contributed by atoms with E-state index in [-0.39, 0.29) is 11.4 Å². The van der Waals surface area contributed by atoms with E-state index in [0.29, 0.717) is 23.6 Å². The molecule has 0 saturated heterocycles. The maximum Gasteiger partial charge on any atom is 0.319 e. The number of urea groups is 1. The molecule has 0 bridgehead atoms. The lowest BCUT2D eigenvalue weighted by molar-refractivity contribution is -0.139. The summed E-state index contributed by atoms with van der Waals surface area (Å²) < 4.78 is 0. The lowest BCUT2D eigenvalue weighted by Crippen LogP contribution is -2.55. The topological polar surface area (TPSA) is 78.4 Å². The van der Waals surface area contributed by atoms with Crippen molar-refractivity contribution in [2.24, 2.45) is 0 Å². The second kappa shape index (κ2) is 5.89. The Labute approximate surface area is 126 Å². The molecule has 1 aromatic rings. The Balaban J connectivity index is 2.02. The van der Waals surface area contributed by atoms with Crippen molar-refractivity contribution in [1.82, 2.24) is 5.32 Å². The summed E-state index contributed by atoms with van der Waals surface area (Å²) in [5, 5.41) is 14.8. The van der Waals surface area contributed by atoms with Crippen LogP contribution in [0.2, 0.25) is 10.0 Å². The van der Waals surface area contributed by atoms with Crippen LogP contribution in [0, 0.1) is 0 Å². The molecule has 1 aliphatic rings. The van der Waals surface area contributed by atoms with Crippen molar-refractivity contribution in [2.45, 2.75) is 31.2 Å². The van der Waals surface area contributed by atoms with Gasteiger partial charge in [-0.15, -0.1) is 0 Å². The maximum absolute atomic E-state index is 11.9. The van der Waals surface area contributed by atoms with Crippen LogP contribution in [0.25, 0.3) is 0 Å². The molecule has 108 valence electrons. The summed E-state index contributed by atoms with van der Waals surface area (Å²) in [7, 11) is 0. The number of benzene rings is 1. The van der Waals surface area contributed by atoms with Crippen molar-refractivity contribution in [3.8, 4) is 0 Å². The third-order valence-electron chi connectivity index (χ3n) is 3.38. The molecule has 0 heterocycles. The van der Waals surface area contributed by atoms with Crippen LogP contribution in [0.4, 0.5) is 10.5 Å². The Morgan fingerprint density at radius 1 is 1.30 bits per heavy atom. The molecule has 0 aromatic heterocycles. The van der Waals surface area contributed by atoms with E-state index in [1.165, 1.54) is 0 Å². The van der Waals surface area contributed by atoms with Crippen molar-refractivity contribution in [3.05, 3.63) is 28.2 Å². The number of carbonyl (C=O) groups excluding carboxylic acids is 1. The zero-order valence-electron chi connectivity index (χ0n) is 10.6. The van der Waals surface area contributed by atoms with Gasteiger partial charge in [-0.2, -0.15) is 0 Å². The standard InChI is InChI=1S/C13H14Cl2N2O3/c14-8-3-1-4-9(11(8)15)16-12(20)17-13(5-2-6-13)7-10(18)19/h1,3-4H,2,5-7H2,(H,18,19)(H2,16,17,20). The summed E-state index contributed by atoms with van der Waals surface area (Å²) in [6, 6.07) is 4.43. The monoisotopic (exact) mass is 316 g/mol. The number of hydrogen-bond acceptors (Lipinski definition) is 2. The summed E-state index contributed by atoms with van der Waals surface area (Å²) in [6.45, 7) is 0. The van der Waals surface area contributed by atoms with Gasteiger partial charge in [0.05, 0.1) is 27.7 Å². The Morgan fingerprint density at radius 3 is 2.55 bits per heavy atom. The largest absolute Gasteiger partial charge is 0.481 e. The Bertz CT molecular complexity index is 544. The van der Waals surface area contributed by atoms with Gasteiger partial charge in [0.1, 0.15) is 0 Å². The van der Waals surface area contributed by atoms with Crippen LogP contribution in [0.15, 0.2) is 18.2 Å². The van der Waals surface area contributed by atoms with Crippen LogP contribution in [0.5, 0.6) is 0 Å². The third-order valence-corrected chi connectivity index (χ3v) is 4.20. The number of nitrogens with one attached hydrogen (secondary N) is 2. The molecule has 0 radical (unpaired) electrons. The van der Waals surface area contributed by atoms with Gasteiger partial charge in [-0.05, 0) is 31.4 Å². The molecule has 0 unspecified atom stereocenters. The van der Waals surface area contributed by atoms with E-state index < -0.39 is 17.5 Å². The Kier molecular flexibility index (Phi) is 4.40. The van der Waals surface area contributed by atoms with E-state index in [9.17, 15) is 9.59 Å². The van der Waals surface area contributed by atoms with Crippen LogP contribution in [0.3, 0.4) is 0 Å². The van der Waals surface area contributed by atoms with E-state index in [4.69, 9.17) is 28.3 Å². The molecule has 1 fully saturated rings. The van der Waals surface area contributed by atoms with Crippen LogP contribution in [-0.2, 0) is 4.79 Å². The van der Waals surface area contributed by atoms with Crippen molar-refractivity contribution >= 4 is 40.9 Å². The van der Waals surface area contributed by atoms with Gasteiger partial charge in [0.15, 0.2) is 0 Å². The molecule has 7 heteroatoms. The second-order valence-electron chi connectivity index (χ2n) is 4.88. The summed E-state index contributed by atoms with van der Waals surface area (Å²) in [5.41, 5.74) is -0.262. The van der Waals surface area contributed by atoms with Crippen LogP contribution < -0.4 is 10.6 Å². The average Bonchev–Trinajstić information content (AvgIpc) is 2.31. The van der Waals surface area contributed by atoms with Crippen molar-refractivity contribution in [1.29, 1.82) is 0 Å². The predicted molar refractivity (Wildman–Crippen MR) is 77.5 cm³/mol. The minimum atomic E-state index is -0.925. The molecule has 1 saturated carbocycles. The summed E-state index contributed by atoms with van der Waals surface area (Å²) in [4.78, 5) is 22.8. The number of carboxylic acids is 1. The number of carbonyl (C=O) groups is 2. The molecule has 0 aliphatic heterocycles. The van der Waals surface area contributed by atoms with E-state index in [0.717, 1.165) is 6.42 Å². The van der Waals surface area contributed by atoms with Crippen LogP contribution in [0.1, 0.15) is 25.7 Å². The van der Waals surface area contributed by atoms with Crippen molar-refractivity contribution < 1.29 is 14.7 Å². The Hall–Kier alpha value is -1.46. The van der Waals surface area contributed by atoms with E-state index in [1.54, 1.807) is 18.2 Å². The minimum absolute atomic E-state index is 0.0797. The molecular weight excluding hydrogens is 303 g/mol. The fourth-order valence-electron chi connectivity index (χ4n) is 2.23. The highest BCUT2D eigenvalue weighted by Crippen LogP contribution is 2.35. The second-order valence-corrected chi connectivity index (χ2v) is 5.67. The smallest absolute Gasteiger partial charge is 0.319 e. The minimum Gasteiger partial charge on any atom is -0.481 e. The zero-order chi connectivity index (χ0) is 14.8. The number of amides is 2. The SMILES string of the molecule is O=C(O)CC1(NC(=O)Nc2cccc(Cl)c2Cl)CCC1. The number of rotatable bonds is 4. The highest BCUT2D eigenvalue weighted by molar-refractivity contribution is 6.43. The maximum atomic E-state index is 11.9. The zero-order valence-corrected chi connectivity index (χ0v) is 12.1. The van der Waals surface area contributed by atoms with Crippen molar-refractivity contribution in [2.75, 3.05) is 5.32 Å². The number of halogens is 2. The molecule has 5 nitrogen and oxygen atoms in total. The van der Waals surface area contributed by atoms with Crippen LogP contribution in [-0.4, -0.2) is 22.6 Å². The van der Waals surface area contributed by atoms with Gasteiger partial charge in [-0.3, -0.25) is 4.79 Å². The summed E-state index contributed by atoms with van der Waals surface area (Å²) >= 11 is 11.8. The van der Waals surface area contributed by atoms with Gasteiger partial charge in [0.2, 0.25) is 0 Å². The first-order chi connectivity index (χ1) is 9.42. The fourth-order valence-corrected chi connectivity index (χ4v) is 2.58. The normalized spacial score (nSPS) is 16.1. The quantitative estimate of drug-likeness (QED) is 0.795. The van der Waals surface area contributed by atoms with E-state index in [2.05, 4.69) is 10.6 Å². The third kappa shape index (κ3) is 3.35. The van der Waals surface area contributed by atoms with Crippen molar-refractivity contribution in [3.63, 3.8) is 0 Å². The lowest BCUT2D eigenvalue weighted by Gasteiger charge is -2.41. The molecule has 3 N–H and O–H groups in total. The van der Waals surface area contributed by atoms with Crippen LogP contribution >= 0.6 is 23.2 Å². The number of aliphatic carboxylic acids is 1. The molecule has 0 spiro atoms. The lowest BCUT2D eigenvalue weighted by atomic mass is 9.74. The average molecular weight is 317 g/mol. The Morgan fingerprint density at radius 2 is 2.00 bits per heavy atom. The van der Waals surface area contributed by atoms with Gasteiger partial charge in [0.25, 0.3) is 0 Å². The van der Waals surface area contributed by atoms with Gasteiger partial charge in [0, 0.05) is 0 Å². The van der Waals surface area contributed by atoms with Gasteiger partial charge < -0.3 is 15.7 Å². The van der Waals surface area contributed by atoms with Gasteiger partial charge in [-0.1, -0.05) is 29.3 Å². The molecule has 1 aliphatic carbocycles. The first kappa shape index (κ1) is 14.9. The number of hydrogen-bond donors (Lipinski definition) is 3. The summed E-state index contributed by atoms with van der Waals surface area (Å²) in [6.07, 6.45) is 2.15. The first-order valence-corrected chi connectivity index (χ1v) is 6.92. The number of anilines is 1. The molecule has 2 rings (SSSR count). The molecule has 0 atom stereocenters. The van der Waals surface area contributed by atoms with Gasteiger partial charge >= 0.3 is 12.0 Å². The van der Waals surface area contributed by atoms with Gasteiger partial charge in [-0.25, -0.2) is 4.79 Å².